The lowest BCUT2D eigenvalue weighted by atomic mass is 10.00. The number of amides is 2. The number of Topliss-reactive ketones (excluding diaryl/α,β-unsaturated/α-hetero) is 2. The van der Waals surface area contributed by atoms with E-state index in [2.05, 4.69) is 127 Å². The van der Waals surface area contributed by atoms with Crippen molar-refractivity contribution in [1.29, 1.82) is 0 Å². The number of benzene rings is 5. The predicted octanol–water partition coefficient (Wildman–Crippen LogP) is 20.2. The average Bonchev–Trinajstić information content (AvgIpc) is 1.61. The Labute approximate surface area is 812 Å². The van der Waals surface area contributed by atoms with Crippen molar-refractivity contribution in [3.8, 4) is 28.4 Å². The Balaban J connectivity index is 0.000000184. The number of cyclic esters (lactones) is 1. The number of anilines is 3. The summed E-state index contributed by atoms with van der Waals surface area (Å²) in [5.74, 6) is -1.29. The van der Waals surface area contributed by atoms with Crippen molar-refractivity contribution in [1.82, 2.24) is 68.9 Å². The third-order valence-electron chi connectivity index (χ3n) is 21.0. The molecule has 5 atom stereocenters. The van der Waals surface area contributed by atoms with Crippen LogP contribution in [0.4, 0.5) is 65.4 Å². The number of aromatic nitrogens is 14. The normalized spacial score (nSPS) is 15.4. The van der Waals surface area contributed by atoms with Crippen molar-refractivity contribution < 1.29 is 94.7 Å². The number of hydrogen-bond donors (Lipinski definition) is 3. The molecule has 2 amide bonds. The highest BCUT2D eigenvalue weighted by Crippen LogP contribution is 2.40. The summed E-state index contributed by atoms with van der Waals surface area (Å²) in [5.41, 5.74) is 16.6. The monoisotopic (exact) mass is 2180 g/mol. The molecule has 0 saturated carbocycles. The Morgan fingerprint density at radius 1 is 0.507 bits per heavy atom. The van der Waals surface area contributed by atoms with E-state index < -0.39 is 44.7 Å². The van der Waals surface area contributed by atoms with E-state index in [-0.39, 0.29) is 141 Å². The molecule has 5 unspecified atom stereocenters. The second-order valence-corrected chi connectivity index (χ2v) is 39.3. The third kappa shape index (κ3) is 29.1. The average molecular weight is 2180 g/mol. The van der Waals surface area contributed by atoms with Gasteiger partial charge >= 0.3 is 18.3 Å². The van der Waals surface area contributed by atoms with E-state index in [9.17, 15) is 80.7 Å². The fourth-order valence-corrected chi connectivity index (χ4v) is 16.6. The molecule has 15 rings (SSSR count). The highest BCUT2D eigenvalue weighted by Gasteiger charge is 2.42. The second-order valence-electron chi connectivity index (χ2n) is 33.2. The number of nitrogen functional groups attached to an aromatic ring is 1. The Kier molecular flexibility index (Phi) is 38.7. The summed E-state index contributed by atoms with van der Waals surface area (Å²) in [7, 11) is -3.52. The molecular formula is C93H104Br4F11N17O10S. The zero-order chi connectivity index (χ0) is 100. The van der Waals surface area contributed by atoms with Gasteiger partial charge in [0.2, 0.25) is 5.91 Å². The molecule has 0 aliphatic carbocycles. The molecule has 43 heteroatoms. The molecule has 3 aliphatic rings. The number of ketones is 2. The molecular weight excluding hydrogens is 2080 g/mol. The minimum absolute atomic E-state index is 0.0135. The number of esters is 1. The lowest BCUT2D eigenvalue weighted by molar-refractivity contribution is -0.142. The molecule has 136 heavy (non-hydrogen) atoms. The summed E-state index contributed by atoms with van der Waals surface area (Å²) in [5, 5.41) is 39.6. The lowest BCUT2D eigenvalue weighted by Gasteiger charge is -2.20. The van der Waals surface area contributed by atoms with Crippen molar-refractivity contribution in [3.05, 3.63) is 256 Å². The molecule has 3 fully saturated rings. The van der Waals surface area contributed by atoms with Crippen molar-refractivity contribution >= 4 is 120 Å². The maximum Gasteiger partial charge on any atom is 0.435 e. The van der Waals surface area contributed by atoms with Gasteiger partial charge in [-0.25, -0.2) is 45.4 Å². The Hall–Kier alpha value is -10.9. The van der Waals surface area contributed by atoms with Crippen LogP contribution < -0.4 is 15.5 Å². The number of ether oxygens (including phenoxy) is 1. The number of nitrogens with zero attached hydrogens (tertiary/aromatic N) is 15. The largest absolute Gasteiger partial charge is 0.465 e. The van der Waals surface area contributed by atoms with Crippen LogP contribution in [0.3, 0.4) is 0 Å². The summed E-state index contributed by atoms with van der Waals surface area (Å²) in [6, 6.07) is 31.5. The SMILES string of the molecule is CC(C)c1c(CC(=O)C(Br)CCO)cnn1-c1ccc(F)cc1.CC(C)c1c(CC(=O)C(Br)CCOS(C)(=O)=O)cnn1-c1ccc(F)cc1.CC(C)c1c(N)cnn1-c1ccc(F)cc1.CC(C)c1c(N2CCC(Br)C2=O)cnn1-c1ccc(F)cc1.Cc1cc(C(F)(F)F)n[nH]1.Cc1cc(C(F)(F)F)nn1C1CCN(c2cnn(-c3ccc(F)cc3)c2C(C)C)C1=O.O=C1OCCC1Br. The summed E-state index contributed by atoms with van der Waals surface area (Å²) in [6.07, 6.45) is 3.30. The number of nitrogens with one attached hydrogen (secondary N) is 1. The van der Waals surface area contributed by atoms with E-state index in [0.29, 0.717) is 55.3 Å². The highest BCUT2D eigenvalue weighted by molar-refractivity contribution is 9.10. The van der Waals surface area contributed by atoms with Gasteiger partial charge in [-0.2, -0.15) is 70.5 Å². The molecule has 732 valence electrons. The molecule has 27 nitrogen and oxygen atoms in total. The molecule has 0 spiro atoms. The summed E-state index contributed by atoms with van der Waals surface area (Å²) >= 11 is 13.1. The fraction of sp³-hybridized carbons (Fsp3) is 0.398. The number of hydrogen-bond acceptors (Lipinski definition) is 18. The van der Waals surface area contributed by atoms with E-state index in [1.54, 1.807) is 125 Å². The zero-order valence-corrected chi connectivity index (χ0v) is 83.5. The van der Waals surface area contributed by atoms with Crippen molar-refractivity contribution in [2.75, 3.05) is 54.7 Å². The van der Waals surface area contributed by atoms with Gasteiger partial charge in [-0.1, -0.05) is 133 Å². The number of H-pyrrole nitrogens is 1. The number of aliphatic hydroxyl groups excluding tert-OH is 1. The fourth-order valence-electron chi connectivity index (χ4n) is 14.7. The van der Waals surface area contributed by atoms with Crippen molar-refractivity contribution in [2.45, 2.75) is 195 Å². The molecule has 3 aliphatic heterocycles. The first kappa shape index (κ1) is 109. The van der Waals surface area contributed by atoms with E-state index in [1.807, 2.05) is 55.4 Å². The minimum Gasteiger partial charge on any atom is -0.465 e. The van der Waals surface area contributed by atoms with Crippen molar-refractivity contribution in [2.24, 2.45) is 0 Å². The van der Waals surface area contributed by atoms with Crippen LogP contribution in [0.1, 0.15) is 199 Å². The van der Waals surface area contributed by atoms with Crippen LogP contribution >= 0.6 is 63.7 Å². The molecule has 7 aromatic heterocycles. The smallest absolute Gasteiger partial charge is 0.435 e. The lowest BCUT2D eigenvalue weighted by Crippen LogP contribution is -2.30. The Morgan fingerprint density at radius 3 is 1.18 bits per heavy atom. The number of aromatic amines is 1. The first-order valence-electron chi connectivity index (χ1n) is 43.0. The highest BCUT2D eigenvalue weighted by atomic mass is 79.9. The van der Waals surface area contributed by atoms with Gasteiger partial charge in [-0.05, 0) is 203 Å². The first-order chi connectivity index (χ1) is 64.0. The number of carbonyl (C=O) groups is 5. The van der Waals surface area contributed by atoms with Gasteiger partial charge < -0.3 is 25.4 Å². The topological polar surface area (TPSA) is 326 Å². The first-order valence-corrected chi connectivity index (χ1v) is 48.5. The van der Waals surface area contributed by atoms with Gasteiger partial charge in [0, 0.05) is 61.5 Å². The van der Waals surface area contributed by atoms with Crippen LogP contribution in [0, 0.1) is 42.9 Å². The van der Waals surface area contributed by atoms with Crippen LogP contribution in [-0.4, -0.2) is 170 Å². The van der Waals surface area contributed by atoms with E-state index >= 15 is 0 Å². The maximum absolute atomic E-state index is 13.3. The van der Waals surface area contributed by atoms with E-state index in [1.165, 1.54) is 74.5 Å². The van der Waals surface area contributed by atoms with Crippen LogP contribution in [0.25, 0.3) is 28.4 Å². The Bertz CT molecular complexity index is 6120. The molecule has 4 N–H and O–H groups in total. The summed E-state index contributed by atoms with van der Waals surface area (Å²) < 4.78 is 181. The van der Waals surface area contributed by atoms with Gasteiger partial charge in [-0.15, -0.1) is 0 Å². The summed E-state index contributed by atoms with van der Waals surface area (Å²) in [4.78, 5) is 62.8. The van der Waals surface area contributed by atoms with Crippen LogP contribution in [0.15, 0.2) is 164 Å². The number of alkyl halides is 10. The molecule has 0 bridgehead atoms. The molecule has 5 aromatic carbocycles. The third-order valence-corrected chi connectivity index (χ3v) is 25.2. The number of rotatable bonds is 25. The van der Waals surface area contributed by atoms with E-state index in [0.717, 1.165) is 104 Å². The van der Waals surface area contributed by atoms with Crippen molar-refractivity contribution in [3.63, 3.8) is 0 Å². The number of carbonyl (C=O) groups excluding carboxylic acids is 5. The minimum atomic E-state index is -4.57. The van der Waals surface area contributed by atoms with Gasteiger partial charge in [0.15, 0.2) is 23.0 Å². The van der Waals surface area contributed by atoms with Crippen LogP contribution in [-0.2, 0) is 68.2 Å². The molecule has 12 aromatic rings. The number of nitrogens with two attached hydrogens (primary N) is 1. The van der Waals surface area contributed by atoms with Gasteiger partial charge in [0.1, 0.15) is 40.0 Å². The van der Waals surface area contributed by atoms with E-state index in [4.69, 9.17) is 10.8 Å². The quantitative estimate of drug-likeness (QED) is 0.0207. The number of aliphatic hydroxyl groups is 1. The van der Waals surface area contributed by atoms with Crippen LogP contribution in [0.5, 0.6) is 0 Å². The standard InChI is InChI=1S/C21H21F4N5O.C18H22BrFN2O4S.C17H20BrFN2O2.C16H17BrFN3O.C12H14FN3.C5H5F3N2.C4H5BrO2/c1-12(2)19-17(11-26-30(19)15-6-4-14(22)5-7-15)28-9-8-16(20(28)31)29-13(3)10-18(27-29)21(23,24)25;1-12(2)18-13(10-17(23)16(19)8-9-26-27(3,24)25)11-21-22(18)15-6-4-14(20)5-7-15;1-11(2)17-12(9-16(23)15(18)7-8-22)10-20-21(17)14-5-3-13(19)4-6-14;1-10(2)15-14(20-8-7-13(17)16(20)22)9-19-21(15)12-5-3-11(18)4-6-12;1-8(2)12-11(14)7-15-16(12)10-5-3-9(13)4-6-10;1-3-2-4(10-9-3)5(6,7)8;5-3-1-2-7-4(3)6/h4-7,10-12,16H,8-9H2,1-3H3;4-7,11-12,16H,8-10H2,1-3H3;3-6,10-11,15,22H,7-9H2,1-2H3;3-6,9-10,13H,7-8H2,1-2H3;3-8H,14H2,1-2H3;2H,1H3,(H,9,10);3H,1-2H2. The molecule has 10 heterocycles. The zero-order valence-electron chi connectivity index (χ0n) is 76.3. The predicted molar refractivity (Wildman–Crippen MR) is 507 cm³/mol. The molecule has 0 radical (unpaired) electrons. The Morgan fingerprint density at radius 2 is 0.868 bits per heavy atom. The van der Waals surface area contributed by atoms with Gasteiger partial charge in [0.05, 0.1) is 139 Å². The maximum atomic E-state index is 13.3. The van der Waals surface area contributed by atoms with Gasteiger partial charge in [-0.3, -0.25) is 37.9 Å². The van der Waals surface area contributed by atoms with Crippen LogP contribution in [0.2, 0.25) is 0 Å². The number of aryl methyl sites for hydroxylation is 2. The summed E-state index contributed by atoms with van der Waals surface area (Å²) in [6.45, 7) is 24.7. The van der Waals surface area contributed by atoms with Gasteiger partial charge in [0.25, 0.3) is 16.0 Å². The number of halogens is 15. The molecule has 3 saturated heterocycles. The second kappa shape index (κ2) is 48.4.